The molecule has 10 aliphatic rings. The summed E-state index contributed by atoms with van der Waals surface area (Å²) in [5.41, 5.74) is 8.22. The van der Waals surface area contributed by atoms with E-state index in [0.717, 1.165) is 56.1 Å². The molecule has 59 heavy (non-hydrogen) atoms. The number of rotatable bonds is 5. The first kappa shape index (κ1) is 43.2. The van der Waals surface area contributed by atoms with E-state index in [1.54, 1.807) is 0 Å². The van der Waals surface area contributed by atoms with Crippen LogP contribution in [0.4, 0.5) is 0 Å². The fourth-order valence-electron chi connectivity index (χ4n) is 12.4. The number of Topliss-reactive ketones (excluding diaryl/α,β-unsaturated/α-hetero) is 1. The van der Waals surface area contributed by atoms with Crippen molar-refractivity contribution in [3.8, 4) is 0 Å². The first-order valence-corrected chi connectivity index (χ1v) is 26.3. The standard InChI is InChI=1S/C47H75NO10Si/c1-25-17-30-11-13-35-26(2)18-32(50-35)15-16-47-24-46(8)44(57-47)43-42(55-46)41(56-47)40-36(54-43)14-12-31(52-40)19-29(49)20-34-28(4)37(53-39(34)22-38(51-30)27(25)3)21-33(23-48)58-59(9,10)45(5,6)7/h25,28,30-44H,2-3,11-24,48H2,1,4-10H3/t25-,28-,30+,31-,32+,33+,34?,35?,36+,37?,38?,39+,40+,41+,42+,43-,44-,46+,47-/m1/s1. The molecule has 10 fully saturated rings. The molecule has 0 aromatic heterocycles. The summed E-state index contributed by atoms with van der Waals surface area (Å²) in [6.45, 7) is 27.5. The molecule has 19 atom stereocenters. The number of hydrogen-bond donors (Lipinski definition) is 1. The average Bonchev–Trinajstić information content (AvgIpc) is 3.79. The van der Waals surface area contributed by atoms with Gasteiger partial charge in [0.25, 0.3) is 0 Å². The second-order valence-electron chi connectivity index (χ2n) is 22.1. The van der Waals surface area contributed by atoms with E-state index in [9.17, 15) is 4.79 Å². The molecular weight excluding hydrogens is 767 g/mol. The molecule has 0 radical (unpaired) electrons. The van der Waals surface area contributed by atoms with Gasteiger partial charge >= 0.3 is 0 Å². The first-order valence-electron chi connectivity index (χ1n) is 23.4. The molecule has 12 heteroatoms. The van der Waals surface area contributed by atoms with E-state index in [0.29, 0.717) is 51.0 Å². The van der Waals surface area contributed by atoms with Gasteiger partial charge in [0.15, 0.2) is 14.1 Å². The molecule has 11 nitrogen and oxygen atoms in total. The summed E-state index contributed by atoms with van der Waals surface area (Å²) in [7, 11) is -2.07. The topological polar surface area (TPSA) is 126 Å². The third-order valence-electron chi connectivity index (χ3n) is 16.8. The molecular formula is C47H75NO10Si. The van der Waals surface area contributed by atoms with Gasteiger partial charge in [-0.25, -0.2) is 0 Å². The fourth-order valence-corrected chi connectivity index (χ4v) is 13.7. The minimum absolute atomic E-state index is 0.000978. The minimum Gasteiger partial charge on any atom is -0.413 e. The highest BCUT2D eigenvalue weighted by Gasteiger charge is 2.73. The van der Waals surface area contributed by atoms with Crippen LogP contribution in [0.15, 0.2) is 24.3 Å². The summed E-state index contributed by atoms with van der Waals surface area (Å²) < 4.78 is 62.2. The SMILES string of the molecule is C=C1C[C@@H]2CC[C@@]34C[C@]5(C)O[C@H]6[C@@H](O3)[C@H]3O[C@H](CC[C@@H]3O[C@H]6[C@H]5O4)CC(=O)CC3[C@@H](C)C(C[C@@H](CN)O[Si](C)(C)C(C)(C)C)O[C@H]3CC3O[C@@H](CCC1O2)C[C@@H](C)C3=C. The molecule has 0 aromatic rings. The number of ketones is 1. The van der Waals surface area contributed by atoms with Gasteiger partial charge in [0, 0.05) is 45.1 Å². The Hall–Kier alpha value is -1.03. The third kappa shape index (κ3) is 8.08. The Morgan fingerprint density at radius 2 is 1.54 bits per heavy atom. The molecule has 0 aliphatic carbocycles. The Morgan fingerprint density at radius 1 is 0.814 bits per heavy atom. The molecule has 10 rings (SSSR count). The van der Waals surface area contributed by atoms with Crippen molar-refractivity contribution in [2.45, 2.75) is 240 Å². The van der Waals surface area contributed by atoms with Crippen LogP contribution in [0, 0.1) is 17.8 Å². The quantitative estimate of drug-likeness (QED) is 0.219. The van der Waals surface area contributed by atoms with E-state index in [1.807, 2.05) is 0 Å². The highest BCUT2D eigenvalue weighted by atomic mass is 28.4. The monoisotopic (exact) mass is 842 g/mol. The smallest absolute Gasteiger partial charge is 0.192 e. The molecule has 2 N–H and O–H groups in total. The number of fused-ring (bicyclic) bond motifs is 6. The van der Waals surface area contributed by atoms with Crippen LogP contribution in [0.2, 0.25) is 18.1 Å². The average molecular weight is 842 g/mol. The van der Waals surface area contributed by atoms with Crippen LogP contribution in [0.25, 0.3) is 0 Å². The Morgan fingerprint density at radius 3 is 2.31 bits per heavy atom. The van der Waals surface area contributed by atoms with Crippen LogP contribution in [0.3, 0.4) is 0 Å². The maximum Gasteiger partial charge on any atom is 0.192 e. The van der Waals surface area contributed by atoms with Gasteiger partial charge in [0.1, 0.15) is 41.9 Å². The molecule has 0 amide bonds. The summed E-state index contributed by atoms with van der Waals surface area (Å²) in [6.07, 6.45) is 7.37. The van der Waals surface area contributed by atoms with Crippen molar-refractivity contribution in [3.05, 3.63) is 24.3 Å². The lowest BCUT2D eigenvalue weighted by molar-refractivity contribution is -0.294. The van der Waals surface area contributed by atoms with Crippen molar-refractivity contribution in [3.63, 3.8) is 0 Å². The zero-order chi connectivity index (χ0) is 41.8. The van der Waals surface area contributed by atoms with Crippen LogP contribution in [-0.2, 0) is 47.1 Å². The predicted molar refractivity (Wildman–Crippen MR) is 225 cm³/mol. The molecule has 12 bridgehead atoms. The molecule has 4 unspecified atom stereocenters. The molecule has 10 heterocycles. The van der Waals surface area contributed by atoms with E-state index in [2.05, 4.69) is 67.8 Å². The lowest BCUT2D eigenvalue weighted by atomic mass is 9.78. The molecule has 0 aromatic carbocycles. The molecule has 0 saturated carbocycles. The van der Waals surface area contributed by atoms with Gasteiger partial charge in [-0.15, -0.1) is 0 Å². The predicted octanol–water partition coefficient (Wildman–Crippen LogP) is 7.48. The van der Waals surface area contributed by atoms with Crippen LogP contribution < -0.4 is 5.73 Å². The second kappa shape index (κ2) is 15.9. The van der Waals surface area contributed by atoms with Crippen LogP contribution in [-0.4, -0.2) is 117 Å². The molecule has 10 saturated heterocycles. The fraction of sp³-hybridized carbons (Fsp3) is 0.894. The van der Waals surface area contributed by atoms with E-state index < -0.39 is 19.7 Å². The zero-order valence-corrected chi connectivity index (χ0v) is 38.3. The van der Waals surface area contributed by atoms with Gasteiger partial charge in [0.2, 0.25) is 0 Å². The third-order valence-corrected chi connectivity index (χ3v) is 21.3. The Labute approximate surface area is 354 Å². The summed E-state index contributed by atoms with van der Waals surface area (Å²) in [5.74, 6) is -0.122. The van der Waals surface area contributed by atoms with Crippen molar-refractivity contribution < 1.29 is 47.1 Å². The van der Waals surface area contributed by atoms with Crippen molar-refractivity contribution in [1.29, 1.82) is 0 Å². The number of nitrogens with two attached hydrogens (primary N) is 1. The number of carbonyl (C=O) groups is 1. The Balaban J connectivity index is 0.979. The maximum atomic E-state index is 14.4. The van der Waals surface area contributed by atoms with Crippen molar-refractivity contribution >= 4 is 14.1 Å². The van der Waals surface area contributed by atoms with Crippen molar-refractivity contribution in [1.82, 2.24) is 0 Å². The lowest BCUT2D eigenvalue weighted by Crippen LogP contribution is -2.61. The van der Waals surface area contributed by atoms with E-state index >= 15 is 0 Å². The first-order chi connectivity index (χ1) is 27.8. The van der Waals surface area contributed by atoms with Crippen molar-refractivity contribution in [2.24, 2.45) is 23.5 Å². The van der Waals surface area contributed by atoms with E-state index in [-0.39, 0.29) is 108 Å². The molecule has 332 valence electrons. The summed E-state index contributed by atoms with van der Waals surface area (Å²) in [4.78, 5) is 14.4. The lowest BCUT2D eigenvalue weighted by Gasteiger charge is -2.47. The number of hydrogen-bond acceptors (Lipinski definition) is 11. The van der Waals surface area contributed by atoms with E-state index in [4.69, 9.17) is 48.1 Å². The van der Waals surface area contributed by atoms with Gasteiger partial charge in [-0.1, -0.05) is 47.8 Å². The van der Waals surface area contributed by atoms with E-state index in [1.165, 1.54) is 0 Å². The van der Waals surface area contributed by atoms with Gasteiger partial charge in [-0.05, 0) is 98.9 Å². The van der Waals surface area contributed by atoms with Gasteiger partial charge in [-0.3, -0.25) is 4.79 Å². The highest BCUT2D eigenvalue weighted by Crippen LogP contribution is 2.59. The van der Waals surface area contributed by atoms with Crippen LogP contribution in [0.5, 0.6) is 0 Å². The van der Waals surface area contributed by atoms with Gasteiger partial charge in [0.05, 0.1) is 54.9 Å². The van der Waals surface area contributed by atoms with Gasteiger partial charge in [-0.2, -0.15) is 0 Å². The van der Waals surface area contributed by atoms with Gasteiger partial charge < -0.3 is 48.1 Å². The zero-order valence-electron chi connectivity index (χ0n) is 37.3. The highest BCUT2D eigenvalue weighted by molar-refractivity contribution is 6.74. The van der Waals surface area contributed by atoms with Crippen LogP contribution >= 0.6 is 0 Å². The van der Waals surface area contributed by atoms with Crippen LogP contribution in [0.1, 0.15) is 125 Å². The maximum absolute atomic E-state index is 14.4. The Kier molecular flexibility index (Phi) is 11.6. The number of carbonyl (C=O) groups excluding carboxylic acids is 1. The summed E-state index contributed by atoms with van der Waals surface area (Å²) >= 11 is 0. The summed E-state index contributed by atoms with van der Waals surface area (Å²) in [5, 5.41) is 0.0657. The number of ether oxygens (including phenoxy) is 8. The minimum atomic E-state index is -2.07. The second-order valence-corrected chi connectivity index (χ2v) is 26.9. The largest absolute Gasteiger partial charge is 0.413 e. The molecule has 10 aliphatic heterocycles. The summed E-state index contributed by atoms with van der Waals surface area (Å²) in [6, 6.07) is 0. The molecule has 1 spiro atoms. The Bertz CT molecular complexity index is 1620. The van der Waals surface area contributed by atoms with Crippen molar-refractivity contribution in [2.75, 3.05) is 6.54 Å². The normalized spacial score (nSPS) is 49.5.